The Morgan fingerprint density at radius 1 is 1.04 bits per heavy atom. The van der Waals surface area contributed by atoms with Gasteiger partial charge in [-0.3, -0.25) is 4.98 Å². The molecule has 2 aromatic carbocycles. The molecule has 0 amide bonds. The largest absolute Gasteiger partial charge is 0.497 e. The standard InChI is InChI=1S/C21H23N3O2/c1-15-13-20(19-8-7-18(25-2)14-21(19)22-15)23-16-3-5-17(6-4-16)24-9-11-26-12-10-24/h3-8,13-14H,9-12H2,1-2H3,(H,22,23). The maximum atomic E-state index is 5.42. The fraction of sp³-hybridized carbons (Fsp3) is 0.286. The molecule has 5 nitrogen and oxygen atoms in total. The molecule has 0 bridgehead atoms. The highest BCUT2D eigenvalue weighted by atomic mass is 16.5. The van der Waals surface area contributed by atoms with Crippen LogP contribution >= 0.6 is 0 Å². The minimum absolute atomic E-state index is 0.797. The molecule has 4 rings (SSSR count). The van der Waals surface area contributed by atoms with Gasteiger partial charge in [-0.05, 0) is 49.4 Å². The molecule has 1 aromatic heterocycles. The number of nitrogens with zero attached hydrogens (tertiary/aromatic N) is 2. The summed E-state index contributed by atoms with van der Waals surface area (Å²) in [7, 11) is 1.67. The Bertz CT molecular complexity index is 903. The van der Waals surface area contributed by atoms with E-state index in [-0.39, 0.29) is 0 Å². The van der Waals surface area contributed by atoms with Gasteiger partial charge in [0.05, 0.1) is 25.8 Å². The van der Waals surface area contributed by atoms with Crippen molar-refractivity contribution in [3.8, 4) is 5.75 Å². The number of aryl methyl sites for hydroxylation is 1. The van der Waals surface area contributed by atoms with Gasteiger partial charge in [0.15, 0.2) is 0 Å². The molecule has 1 aliphatic heterocycles. The summed E-state index contributed by atoms with van der Waals surface area (Å²) in [5.74, 6) is 0.816. The zero-order chi connectivity index (χ0) is 17.9. The minimum Gasteiger partial charge on any atom is -0.497 e. The lowest BCUT2D eigenvalue weighted by Gasteiger charge is -2.29. The van der Waals surface area contributed by atoms with Gasteiger partial charge in [-0.15, -0.1) is 0 Å². The third-order valence-corrected chi connectivity index (χ3v) is 4.67. The van der Waals surface area contributed by atoms with Gasteiger partial charge >= 0.3 is 0 Å². The monoisotopic (exact) mass is 349 g/mol. The maximum absolute atomic E-state index is 5.42. The molecule has 0 radical (unpaired) electrons. The average molecular weight is 349 g/mol. The third kappa shape index (κ3) is 3.44. The van der Waals surface area contributed by atoms with Gasteiger partial charge < -0.3 is 19.7 Å². The zero-order valence-corrected chi connectivity index (χ0v) is 15.2. The summed E-state index contributed by atoms with van der Waals surface area (Å²) in [4.78, 5) is 6.98. The van der Waals surface area contributed by atoms with Gasteiger partial charge in [0.1, 0.15) is 5.75 Å². The summed E-state index contributed by atoms with van der Waals surface area (Å²) in [5, 5.41) is 4.61. The molecule has 3 aromatic rings. The Hall–Kier alpha value is -2.79. The molecular formula is C21H23N3O2. The molecule has 5 heteroatoms. The van der Waals surface area contributed by atoms with Crippen molar-refractivity contribution >= 4 is 28.0 Å². The first-order valence-corrected chi connectivity index (χ1v) is 8.88. The van der Waals surface area contributed by atoms with Crippen molar-refractivity contribution in [2.75, 3.05) is 43.6 Å². The van der Waals surface area contributed by atoms with Crippen LogP contribution in [-0.4, -0.2) is 38.4 Å². The van der Waals surface area contributed by atoms with Gasteiger partial charge in [0.25, 0.3) is 0 Å². The zero-order valence-electron chi connectivity index (χ0n) is 15.2. The molecule has 1 fully saturated rings. The minimum atomic E-state index is 0.797. The van der Waals surface area contributed by atoms with Crippen LogP contribution in [0.5, 0.6) is 5.75 Å². The smallest absolute Gasteiger partial charge is 0.121 e. The van der Waals surface area contributed by atoms with E-state index in [2.05, 4.69) is 45.5 Å². The van der Waals surface area contributed by atoms with Crippen LogP contribution in [0.25, 0.3) is 10.9 Å². The van der Waals surface area contributed by atoms with E-state index >= 15 is 0 Å². The summed E-state index contributed by atoms with van der Waals surface area (Å²) in [6.45, 7) is 5.49. The number of aromatic nitrogens is 1. The van der Waals surface area contributed by atoms with E-state index in [9.17, 15) is 0 Å². The molecule has 134 valence electrons. The first-order chi connectivity index (χ1) is 12.7. The summed E-state index contributed by atoms with van der Waals surface area (Å²) >= 11 is 0. The summed E-state index contributed by atoms with van der Waals surface area (Å²) in [6, 6.07) is 16.6. The predicted molar refractivity (Wildman–Crippen MR) is 106 cm³/mol. The Balaban J connectivity index is 1.60. The molecule has 2 heterocycles. The average Bonchev–Trinajstić information content (AvgIpc) is 2.68. The van der Waals surface area contributed by atoms with Crippen LogP contribution in [0.3, 0.4) is 0 Å². The first-order valence-electron chi connectivity index (χ1n) is 8.88. The fourth-order valence-electron chi connectivity index (χ4n) is 3.30. The van der Waals surface area contributed by atoms with Crippen molar-refractivity contribution in [1.82, 2.24) is 4.98 Å². The van der Waals surface area contributed by atoms with Gasteiger partial charge in [-0.1, -0.05) is 0 Å². The molecule has 1 aliphatic rings. The van der Waals surface area contributed by atoms with Gasteiger partial charge in [0, 0.05) is 47.3 Å². The molecule has 0 saturated carbocycles. The maximum Gasteiger partial charge on any atom is 0.121 e. The SMILES string of the molecule is COc1ccc2c(Nc3ccc(N4CCOCC4)cc3)cc(C)nc2c1. The van der Waals surface area contributed by atoms with Gasteiger partial charge in [0.2, 0.25) is 0 Å². The van der Waals surface area contributed by atoms with Crippen molar-refractivity contribution < 1.29 is 9.47 Å². The first kappa shape index (κ1) is 16.7. The van der Waals surface area contributed by atoms with Crippen LogP contribution in [0.1, 0.15) is 5.69 Å². The van der Waals surface area contributed by atoms with Gasteiger partial charge in [-0.25, -0.2) is 0 Å². The normalized spacial score (nSPS) is 14.5. The fourth-order valence-corrected chi connectivity index (χ4v) is 3.30. The van der Waals surface area contributed by atoms with E-state index in [1.54, 1.807) is 7.11 Å². The number of fused-ring (bicyclic) bond motifs is 1. The van der Waals surface area contributed by atoms with Crippen LogP contribution in [0.15, 0.2) is 48.5 Å². The Morgan fingerprint density at radius 2 is 1.81 bits per heavy atom. The topological polar surface area (TPSA) is 46.6 Å². The predicted octanol–water partition coefficient (Wildman–Crippen LogP) is 4.13. The second kappa shape index (κ2) is 7.22. The Kier molecular flexibility index (Phi) is 4.63. The lowest BCUT2D eigenvalue weighted by Crippen LogP contribution is -2.36. The molecule has 0 aliphatic carbocycles. The van der Waals surface area contributed by atoms with E-state index < -0.39 is 0 Å². The molecule has 0 atom stereocenters. The third-order valence-electron chi connectivity index (χ3n) is 4.67. The van der Waals surface area contributed by atoms with Crippen LogP contribution in [0.4, 0.5) is 17.1 Å². The highest BCUT2D eigenvalue weighted by Crippen LogP contribution is 2.29. The van der Waals surface area contributed by atoms with Gasteiger partial charge in [-0.2, -0.15) is 0 Å². The Morgan fingerprint density at radius 3 is 2.54 bits per heavy atom. The molecule has 26 heavy (non-hydrogen) atoms. The van der Waals surface area contributed by atoms with E-state index in [1.165, 1.54) is 5.69 Å². The van der Waals surface area contributed by atoms with Crippen molar-refractivity contribution in [3.63, 3.8) is 0 Å². The number of pyridine rings is 1. The quantitative estimate of drug-likeness (QED) is 0.767. The number of benzene rings is 2. The second-order valence-corrected chi connectivity index (χ2v) is 6.47. The number of anilines is 3. The van der Waals surface area contributed by atoms with Crippen LogP contribution in [-0.2, 0) is 4.74 Å². The van der Waals surface area contributed by atoms with Crippen LogP contribution in [0.2, 0.25) is 0 Å². The highest BCUT2D eigenvalue weighted by molar-refractivity contribution is 5.94. The second-order valence-electron chi connectivity index (χ2n) is 6.47. The van der Waals surface area contributed by atoms with Crippen molar-refractivity contribution in [3.05, 3.63) is 54.2 Å². The summed E-state index contributed by atoms with van der Waals surface area (Å²) in [6.07, 6.45) is 0. The highest BCUT2D eigenvalue weighted by Gasteiger charge is 2.11. The van der Waals surface area contributed by atoms with E-state index in [4.69, 9.17) is 9.47 Å². The molecule has 0 spiro atoms. The number of hydrogen-bond acceptors (Lipinski definition) is 5. The van der Waals surface area contributed by atoms with Crippen LogP contribution in [0, 0.1) is 6.92 Å². The van der Waals surface area contributed by atoms with Crippen molar-refractivity contribution in [2.24, 2.45) is 0 Å². The number of nitrogens with one attached hydrogen (secondary N) is 1. The van der Waals surface area contributed by atoms with E-state index in [0.29, 0.717) is 0 Å². The number of ether oxygens (including phenoxy) is 2. The van der Waals surface area contributed by atoms with Crippen molar-refractivity contribution in [1.29, 1.82) is 0 Å². The lowest BCUT2D eigenvalue weighted by molar-refractivity contribution is 0.122. The number of hydrogen-bond donors (Lipinski definition) is 1. The summed E-state index contributed by atoms with van der Waals surface area (Å²) < 4.78 is 10.7. The number of rotatable bonds is 4. The number of methoxy groups -OCH3 is 1. The van der Waals surface area contributed by atoms with Crippen LogP contribution < -0.4 is 15.0 Å². The molecule has 0 unspecified atom stereocenters. The molecule has 1 saturated heterocycles. The molecule has 1 N–H and O–H groups in total. The number of morpholine rings is 1. The Labute approximate surface area is 153 Å². The van der Waals surface area contributed by atoms with E-state index in [0.717, 1.165) is 60.0 Å². The summed E-state index contributed by atoms with van der Waals surface area (Å²) in [5.41, 5.74) is 5.24. The molecular weight excluding hydrogens is 326 g/mol. The lowest BCUT2D eigenvalue weighted by atomic mass is 10.1. The van der Waals surface area contributed by atoms with E-state index in [1.807, 2.05) is 25.1 Å². The van der Waals surface area contributed by atoms with Crippen molar-refractivity contribution in [2.45, 2.75) is 6.92 Å².